The Morgan fingerprint density at radius 3 is 1.69 bits per heavy atom. The van der Waals surface area contributed by atoms with Crippen molar-refractivity contribution in [3.63, 3.8) is 0 Å². The Morgan fingerprint density at radius 2 is 1.38 bits per heavy atom. The summed E-state index contributed by atoms with van der Waals surface area (Å²) in [6.07, 6.45) is 0. The fourth-order valence-electron chi connectivity index (χ4n) is 1.21. The Bertz CT molecular complexity index is 253. The summed E-state index contributed by atoms with van der Waals surface area (Å²) in [5, 5.41) is 0. The van der Waals surface area contributed by atoms with E-state index in [1.807, 2.05) is 0 Å². The van der Waals surface area contributed by atoms with Crippen LogP contribution in [0.1, 0.15) is 16.7 Å². The summed E-state index contributed by atoms with van der Waals surface area (Å²) in [5.74, 6) is 0. The average molecular weight is 352 g/mol. The van der Waals surface area contributed by atoms with Gasteiger partial charge >= 0.3 is 39.6 Å². The van der Waals surface area contributed by atoms with Crippen LogP contribution in [-0.2, 0) is 11.3 Å². The van der Waals surface area contributed by atoms with Crippen molar-refractivity contribution >= 4 is 33.9 Å². The van der Waals surface area contributed by atoms with Crippen LogP contribution >= 0.6 is 28.2 Å². The maximum absolute atomic E-state index is 3.96. The summed E-state index contributed by atoms with van der Waals surface area (Å²) in [7, 11) is 0. The van der Waals surface area contributed by atoms with E-state index in [2.05, 4.69) is 66.9 Å². The maximum atomic E-state index is 3.96. The summed E-state index contributed by atoms with van der Waals surface area (Å²) >= 11 is 7.00. The van der Waals surface area contributed by atoms with Gasteiger partial charge < -0.3 is 5.73 Å². The van der Waals surface area contributed by atoms with Gasteiger partial charge in [0.05, 0.1) is 0 Å². The van der Waals surface area contributed by atoms with Crippen LogP contribution < -0.4 is 5.73 Å². The molecule has 0 spiro atoms. The molecule has 0 heterocycles. The Kier molecular flexibility index (Phi) is 7.37. The van der Waals surface area contributed by atoms with Gasteiger partial charge in [-0.05, 0) is 20.8 Å². The summed E-state index contributed by atoms with van der Waals surface area (Å²) in [5.41, 5.74) is 9.03. The van der Waals surface area contributed by atoms with Crippen molar-refractivity contribution in [3.05, 3.63) is 28.8 Å². The minimum atomic E-state index is 0.875. The van der Waals surface area contributed by atoms with Gasteiger partial charge in [0.2, 0.25) is 0 Å². The topological polar surface area (TPSA) is 27.6 Å². The van der Waals surface area contributed by atoms with E-state index in [4.69, 9.17) is 0 Å². The monoisotopic (exact) mass is 350 g/mol. The van der Waals surface area contributed by atoms with Crippen molar-refractivity contribution in [2.75, 3.05) is 0 Å². The fourth-order valence-corrected chi connectivity index (χ4v) is 1.21. The summed E-state index contributed by atoms with van der Waals surface area (Å²) in [4.78, 5) is 0. The van der Waals surface area contributed by atoms with Gasteiger partial charge in [0.15, 0.2) is 0 Å². The first-order valence-corrected chi connectivity index (χ1v) is 9.23. The van der Waals surface area contributed by atoms with Gasteiger partial charge in [-0.2, -0.15) is 0 Å². The second-order valence-corrected chi connectivity index (χ2v) is 8.50. The molecule has 0 atom stereocenters. The molecule has 0 fully saturated rings. The molecule has 0 aliphatic heterocycles. The predicted octanol–water partition coefficient (Wildman–Crippen LogP) is 3.17. The molecule has 76 valence electrons. The van der Waals surface area contributed by atoms with Crippen molar-refractivity contribution in [2.45, 2.75) is 20.8 Å². The molecule has 0 unspecified atom stereocenters. The molecule has 0 saturated carbocycles. The standard InChI is InChI=1S/C9H13N.2BrH.Fe/c1-6-4-7(2)9(10)8(3)5-6;;;/h4-5H,10H2,1-3H3;2*1H;/q;;;+2/p-1. The molecule has 1 rings (SSSR count). The molecule has 0 aromatic heterocycles. The van der Waals surface area contributed by atoms with Gasteiger partial charge in [0.1, 0.15) is 5.69 Å². The van der Waals surface area contributed by atoms with Crippen molar-refractivity contribution in [2.24, 2.45) is 0 Å². The first-order chi connectivity index (χ1) is 6.02. The number of rotatable bonds is 0. The van der Waals surface area contributed by atoms with Crippen molar-refractivity contribution in [3.8, 4) is 0 Å². The number of hydrogen-bond acceptors (Lipinski definition) is 0. The fraction of sp³-hybridized carbons (Fsp3) is 0.333. The minimum absolute atomic E-state index is 0.875. The molecule has 0 bridgehead atoms. The Hall–Kier alpha value is 0.659. The third-order valence-electron chi connectivity index (χ3n) is 1.84. The van der Waals surface area contributed by atoms with E-state index in [0.29, 0.717) is 0 Å². The van der Waals surface area contributed by atoms with Crippen molar-refractivity contribution < 1.29 is 17.1 Å². The van der Waals surface area contributed by atoms with E-state index < -0.39 is 0 Å². The zero-order valence-electron chi connectivity index (χ0n) is 7.97. The molecule has 0 saturated heterocycles. The van der Waals surface area contributed by atoms with E-state index in [1.165, 1.54) is 22.4 Å². The molecule has 3 N–H and O–H groups in total. The number of aryl methyl sites for hydroxylation is 3. The molecule has 4 heteroatoms. The second kappa shape index (κ2) is 7.02. The van der Waals surface area contributed by atoms with Crippen LogP contribution in [0.5, 0.6) is 0 Å². The van der Waals surface area contributed by atoms with E-state index in [9.17, 15) is 0 Å². The second-order valence-electron chi connectivity index (χ2n) is 2.93. The predicted molar refractivity (Wildman–Crippen MR) is 61.1 cm³/mol. The number of quaternary nitrogens is 1. The summed E-state index contributed by atoms with van der Waals surface area (Å²) in [6.45, 7) is 6.31. The van der Waals surface area contributed by atoms with Gasteiger partial charge in [0, 0.05) is 11.1 Å². The van der Waals surface area contributed by atoms with Gasteiger partial charge in [-0.15, -0.1) is 0 Å². The zero-order valence-corrected chi connectivity index (χ0v) is 12.2. The summed E-state index contributed by atoms with van der Waals surface area (Å²) < 4.78 is 0. The Balaban J connectivity index is 0.000000424. The molecule has 13 heavy (non-hydrogen) atoms. The van der Waals surface area contributed by atoms with Gasteiger partial charge in [-0.25, -0.2) is 0 Å². The van der Waals surface area contributed by atoms with Crippen LogP contribution in [-0.4, -0.2) is 0 Å². The van der Waals surface area contributed by atoms with E-state index in [1.54, 1.807) is 0 Å². The van der Waals surface area contributed by atoms with Crippen LogP contribution in [0.25, 0.3) is 0 Å². The van der Waals surface area contributed by atoms with E-state index in [0.717, 1.165) is 11.3 Å². The molecule has 0 aliphatic carbocycles. The number of benzene rings is 1. The van der Waals surface area contributed by atoms with Crippen LogP contribution in [0.15, 0.2) is 12.1 Å². The molecular weight excluding hydrogens is 338 g/mol. The SMILES string of the molecule is Cc1cc(C)c([NH3+])c(C)c1.[Br][Fe][Br]. The molecule has 0 radical (unpaired) electrons. The van der Waals surface area contributed by atoms with Gasteiger partial charge in [-0.1, -0.05) is 17.7 Å². The number of halogens is 2. The third-order valence-corrected chi connectivity index (χ3v) is 1.84. The van der Waals surface area contributed by atoms with Gasteiger partial charge in [-0.3, -0.25) is 0 Å². The molecule has 1 aromatic carbocycles. The first kappa shape index (κ1) is 13.7. The first-order valence-electron chi connectivity index (χ1n) is 3.78. The van der Waals surface area contributed by atoms with E-state index >= 15 is 0 Å². The third kappa shape index (κ3) is 5.18. The molecule has 0 aliphatic rings. The van der Waals surface area contributed by atoms with Crippen LogP contribution in [0.3, 0.4) is 0 Å². The number of hydrogen-bond donors (Lipinski definition) is 1. The molecule has 0 amide bonds. The summed E-state index contributed by atoms with van der Waals surface area (Å²) in [6, 6.07) is 4.32. The Morgan fingerprint density at radius 1 is 1.08 bits per heavy atom. The molecular formula is C9H14Br2FeN+. The average Bonchev–Trinajstić information content (AvgIpc) is 2.01. The van der Waals surface area contributed by atoms with Crippen LogP contribution in [0.4, 0.5) is 5.69 Å². The normalized spacial score (nSPS) is 9.38. The van der Waals surface area contributed by atoms with Gasteiger partial charge in [0.25, 0.3) is 0 Å². The molecule has 1 nitrogen and oxygen atoms in total. The quantitative estimate of drug-likeness (QED) is 0.695. The van der Waals surface area contributed by atoms with Crippen LogP contribution in [0, 0.1) is 20.8 Å². The van der Waals surface area contributed by atoms with Crippen LogP contribution in [0.2, 0.25) is 0 Å². The van der Waals surface area contributed by atoms with E-state index in [-0.39, 0.29) is 0 Å². The van der Waals surface area contributed by atoms with Crippen molar-refractivity contribution in [1.82, 2.24) is 0 Å². The Labute approximate surface area is 100 Å². The molecule has 1 aromatic rings. The zero-order chi connectivity index (χ0) is 10.4. The van der Waals surface area contributed by atoms with Crippen molar-refractivity contribution in [1.29, 1.82) is 0 Å².